The summed E-state index contributed by atoms with van der Waals surface area (Å²) >= 11 is 0. The highest BCUT2D eigenvalue weighted by Crippen LogP contribution is 2.23. The van der Waals surface area contributed by atoms with Crippen LogP contribution in [-0.4, -0.2) is 42.0 Å². The highest BCUT2D eigenvalue weighted by Gasteiger charge is 2.12. The van der Waals surface area contributed by atoms with Gasteiger partial charge in [-0.25, -0.2) is 10.2 Å². The van der Waals surface area contributed by atoms with Crippen molar-refractivity contribution in [3.63, 3.8) is 0 Å². The third-order valence-electron chi connectivity index (χ3n) is 4.80. The van der Waals surface area contributed by atoms with E-state index >= 15 is 0 Å². The number of aromatic carboxylic acids is 1. The van der Waals surface area contributed by atoms with Gasteiger partial charge in [-0.3, -0.25) is 4.79 Å². The Balaban J connectivity index is 1.81. The molecule has 0 saturated carbocycles. The standard InChI is InChI=1S/C23H23N3O5/c1-14-8-18(15(2)26(14)19-7-5-6-16(9-19)23(28)29)13-24-25-22(27)17-10-20(30-3)12-21(11-17)31-4/h5-13H,1-4H3,(H,25,27)(H,28,29)/b24-13-. The Morgan fingerprint density at radius 3 is 2.29 bits per heavy atom. The molecule has 1 amide bonds. The molecule has 2 N–H and O–H groups in total. The normalized spacial score (nSPS) is 10.8. The van der Waals surface area contributed by atoms with Crippen LogP contribution in [0.5, 0.6) is 11.5 Å². The third kappa shape index (κ3) is 4.75. The van der Waals surface area contributed by atoms with Crippen molar-refractivity contribution in [1.29, 1.82) is 0 Å². The van der Waals surface area contributed by atoms with Gasteiger partial charge in [0.15, 0.2) is 0 Å². The number of aryl methyl sites for hydroxylation is 1. The number of hydrogen-bond donors (Lipinski definition) is 2. The molecule has 1 aromatic heterocycles. The molecular formula is C23H23N3O5. The molecule has 8 heteroatoms. The molecule has 0 bridgehead atoms. The summed E-state index contributed by atoms with van der Waals surface area (Å²) in [5, 5.41) is 13.3. The van der Waals surface area contributed by atoms with Crippen LogP contribution in [0.25, 0.3) is 5.69 Å². The fourth-order valence-electron chi connectivity index (χ4n) is 3.26. The molecule has 0 saturated heterocycles. The van der Waals surface area contributed by atoms with Gasteiger partial charge in [-0.15, -0.1) is 0 Å². The number of benzene rings is 2. The molecule has 0 radical (unpaired) electrons. The summed E-state index contributed by atoms with van der Waals surface area (Å²) in [4.78, 5) is 23.7. The topological polar surface area (TPSA) is 102 Å². The molecule has 0 unspecified atom stereocenters. The number of hydrazone groups is 1. The fourth-order valence-corrected chi connectivity index (χ4v) is 3.26. The van der Waals surface area contributed by atoms with Gasteiger partial charge in [0.2, 0.25) is 0 Å². The quantitative estimate of drug-likeness (QED) is 0.449. The van der Waals surface area contributed by atoms with E-state index < -0.39 is 11.9 Å². The summed E-state index contributed by atoms with van der Waals surface area (Å²) in [5.74, 6) is -0.388. The van der Waals surface area contributed by atoms with Gasteiger partial charge in [0.05, 0.1) is 26.0 Å². The maximum atomic E-state index is 12.5. The first-order chi connectivity index (χ1) is 14.8. The number of rotatable bonds is 7. The number of methoxy groups -OCH3 is 2. The number of ether oxygens (including phenoxy) is 2. The molecule has 3 rings (SSSR count). The second-order valence-corrected chi connectivity index (χ2v) is 6.82. The molecule has 2 aromatic carbocycles. The highest BCUT2D eigenvalue weighted by molar-refractivity contribution is 5.96. The molecule has 31 heavy (non-hydrogen) atoms. The van der Waals surface area contributed by atoms with E-state index in [-0.39, 0.29) is 5.56 Å². The molecule has 0 fully saturated rings. The number of carboxylic acid groups (broad SMARTS) is 1. The fraction of sp³-hybridized carbons (Fsp3) is 0.174. The monoisotopic (exact) mass is 421 g/mol. The number of nitrogens with one attached hydrogen (secondary N) is 1. The van der Waals surface area contributed by atoms with Crippen molar-refractivity contribution in [3.8, 4) is 17.2 Å². The number of nitrogens with zero attached hydrogens (tertiary/aromatic N) is 2. The van der Waals surface area contributed by atoms with E-state index in [1.165, 1.54) is 14.2 Å². The van der Waals surface area contributed by atoms with Crippen LogP contribution in [0.2, 0.25) is 0 Å². The zero-order chi connectivity index (χ0) is 22.5. The largest absolute Gasteiger partial charge is 0.497 e. The smallest absolute Gasteiger partial charge is 0.335 e. The highest BCUT2D eigenvalue weighted by atomic mass is 16.5. The molecule has 0 spiro atoms. The Morgan fingerprint density at radius 2 is 1.68 bits per heavy atom. The lowest BCUT2D eigenvalue weighted by molar-refractivity contribution is 0.0696. The molecule has 0 atom stereocenters. The second-order valence-electron chi connectivity index (χ2n) is 6.82. The minimum Gasteiger partial charge on any atom is -0.497 e. The molecule has 0 aliphatic carbocycles. The van der Waals surface area contributed by atoms with Gasteiger partial charge in [-0.1, -0.05) is 6.07 Å². The van der Waals surface area contributed by atoms with Crippen molar-refractivity contribution in [2.75, 3.05) is 14.2 Å². The average molecular weight is 421 g/mol. The first-order valence-corrected chi connectivity index (χ1v) is 9.43. The Bertz CT molecular complexity index is 1140. The Hall–Kier alpha value is -4.07. The van der Waals surface area contributed by atoms with Gasteiger partial charge in [-0.2, -0.15) is 5.10 Å². The van der Waals surface area contributed by atoms with Crippen LogP contribution in [0, 0.1) is 13.8 Å². The molecule has 1 heterocycles. The van der Waals surface area contributed by atoms with Gasteiger partial charge in [0, 0.05) is 34.3 Å². The number of amides is 1. The van der Waals surface area contributed by atoms with E-state index in [0.29, 0.717) is 17.1 Å². The SMILES string of the molecule is COc1cc(OC)cc(C(=O)N/N=C\c2cc(C)n(-c3cccc(C(=O)O)c3)c2C)c1. The Kier molecular flexibility index (Phi) is 6.40. The Morgan fingerprint density at radius 1 is 1.00 bits per heavy atom. The van der Waals surface area contributed by atoms with Crippen molar-refractivity contribution >= 4 is 18.1 Å². The van der Waals surface area contributed by atoms with E-state index in [1.54, 1.807) is 42.6 Å². The van der Waals surface area contributed by atoms with Gasteiger partial charge in [-0.05, 0) is 50.2 Å². The lowest BCUT2D eigenvalue weighted by atomic mass is 10.2. The second kappa shape index (κ2) is 9.17. The first-order valence-electron chi connectivity index (χ1n) is 9.43. The molecule has 3 aromatic rings. The zero-order valence-corrected chi connectivity index (χ0v) is 17.7. The van der Waals surface area contributed by atoms with Crippen LogP contribution < -0.4 is 14.9 Å². The number of carbonyl (C=O) groups is 2. The molecule has 8 nitrogen and oxygen atoms in total. The molecular weight excluding hydrogens is 398 g/mol. The average Bonchev–Trinajstić information content (AvgIpc) is 3.06. The van der Waals surface area contributed by atoms with Crippen molar-refractivity contribution in [3.05, 3.63) is 76.6 Å². The molecule has 0 aliphatic heterocycles. The first kappa shape index (κ1) is 21.6. The van der Waals surface area contributed by atoms with E-state index in [0.717, 1.165) is 22.6 Å². The predicted molar refractivity (Wildman–Crippen MR) is 117 cm³/mol. The lowest BCUT2D eigenvalue weighted by Crippen LogP contribution is -2.17. The van der Waals surface area contributed by atoms with Crippen LogP contribution in [0.3, 0.4) is 0 Å². The van der Waals surface area contributed by atoms with Crippen molar-refractivity contribution < 1.29 is 24.2 Å². The minimum atomic E-state index is -0.983. The predicted octanol–water partition coefficient (Wildman–Crippen LogP) is 3.57. The third-order valence-corrected chi connectivity index (χ3v) is 4.80. The zero-order valence-electron chi connectivity index (χ0n) is 17.7. The molecule has 0 aliphatic rings. The minimum absolute atomic E-state index is 0.209. The Labute approximate surface area is 179 Å². The van der Waals surface area contributed by atoms with Crippen LogP contribution in [-0.2, 0) is 0 Å². The molecule has 160 valence electrons. The summed E-state index contributed by atoms with van der Waals surface area (Å²) in [5.41, 5.74) is 6.36. The van der Waals surface area contributed by atoms with Crippen LogP contribution in [0.1, 0.15) is 37.7 Å². The summed E-state index contributed by atoms with van der Waals surface area (Å²) in [7, 11) is 3.02. The number of carbonyl (C=O) groups excluding carboxylic acids is 1. The maximum Gasteiger partial charge on any atom is 0.335 e. The lowest BCUT2D eigenvalue weighted by Gasteiger charge is -2.10. The summed E-state index contributed by atoms with van der Waals surface area (Å²) < 4.78 is 12.3. The van der Waals surface area contributed by atoms with Crippen LogP contribution in [0.15, 0.2) is 53.6 Å². The maximum absolute atomic E-state index is 12.5. The van der Waals surface area contributed by atoms with Gasteiger partial charge in [0.1, 0.15) is 11.5 Å². The number of hydrogen-bond acceptors (Lipinski definition) is 5. The number of carboxylic acids is 1. The summed E-state index contributed by atoms with van der Waals surface area (Å²) in [6, 6.07) is 13.5. The van der Waals surface area contributed by atoms with Crippen molar-refractivity contribution in [1.82, 2.24) is 9.99 Å². The van der Waals surface area contributed by atoms with E-state index in [9.17, 15) is 14.7 Å². The van der Waals surface area contributed by atoms with Gasteiger partial charge < -0.3 is 19.1 Å². The van der Waals surface area contributed by atoms with E-state index in [2.05, 4.69) is 10.5 Å². The van der Waals surface area contributed by atoms with Crippen molar-refractivity contribution in [2.24, 2.45) is 5.10 Å². The van der Waals surface area contributed by atoms with Crippen LogP contribution in [0.4, 0.5) is 0 Å². The summed E-state index contributed by atoms with van der Waals surface area (Å²) in [6.07, 6.45) is 1.55. The van der Waals surface area contributed by atoms with E-state index in [1.807, 2.05) is 30.5 Å². The van der Waals surface area contributed by atoms with Gasteiger partial charge >= 0.3 is 5.97 Å². The summed E-state index contributed by atoms with van der Waals surface area (Å²) in [6.45, 7) is 3.81. The number of aromatic nitrogens is 1. The van der Waals surface area contributed by atoms with Crippen LogP contribution >= 0.6 is 0 Å². The van der Waals surface area contributed by atoms with Gasteiger partial charge in [0.25, 0.3) is 5.91 Å². The van der Waals surface area contributed by atoms with E-state index in [4.69, 9.17) is 9.47 Å². The van der Waals surface area contributed by atoms with Crippen molar-refractivity contribution in [2.45, 2.75) is 13.8 Å².